The predicted molar refractivity (Wildman–Crippen MR) is 87.7 cm³/mol. The maximum Gasteiger partial charge on any atom is 0.405 e. The summed E-state index contributed by atoms with van der Waals surface area (Å²) in [5.74, 6) is -0.0573. The predicted octanol–water partition coefficient (Wildman–Crippen LogP) is 2.40. The van der Waals surface area contributed by atoms with E-state index < -0.39 is 18.1 Å². The standard InChI is InChI=1S/C17H24N2O3/c1-12(2)9-18-10-15(11-20)16(19-17(21)22)13(3)14-7-5-4-6-8-14/h4-8,11-12,15-16,18-19H,3,9-10H2,1-2H3,(H,21,22)/t15-,16-/m0/s1. The first-order valence-electron chi connectivity index (χ1n) is 7.35. The minimum atomic E-state index is -1.17. The lowest BCUT2D eigenvalue weighted by molar-refractivity contribution is -0.111. The molecule has 1 rings (SSSR count). The largest absolute Gasteiger partial charge is 0.465 e. The van der Waals surface area contributed by atoms with Crippen molar-refractivity contribution in [3.8, 4) is 0 Å². The summed E-state index contributed by atoms with van der Waals surface area (Å²) in [6.07, 6.45) is -0.389. The number of amides is 1. The molecule has 1 aromatic carbocycles. The van der Waals surface area contributed by atoms with Crippen LogP contribution in [0.3, 0.4) is 0 Å². The normalized spacial score (nSPS) is 13.4. The van der Waals surface area contributed by atoms with Crippen LogP contribution in [-0.2, 0) is 4.79 Å². The average molecular weight is 304 g/mol. The second-order valence-corrected chi connectivity index (χ2v) is 5.67. The molecule has 0 fully saturated rings. The van der Waals surface area contributed by atoms with E-state index in [9.17, 15) is 9.59 Å². The minimum Gasteiger partial charge on any atom is -0.465 e. The lowest BCUT2D eigenvalue weighted by Crippen LogP contribution is -2.45. The van der Waals surface area contributed by atoms with Crippen molar-refractivity contribution in [2.75, 3.05) is 13.1 Å². The summed E-state index contributed by atoms with van der Waals surface area (Å²) < 4.78 is 0. The highest BCUT2D eigenvalue weighted by molar-refractivity contribution is 5.77. The molecule has 0 aliphatic heterocycles. The van der Waals surface area contributed by atoms with Gasteiger partial charge in [-0.15, -0.1) is 0 Å². The highest BCUT2D eigenvalue weighted by Crippen LogP contribution is 2.21. The SMILES string of the molecule is C=C(c1ccccc1)[C@H](NC(=O)O)[C@H](C=O)CNCC(C)C. The van der Waals surface area contributed by atoms with Gasteiger partial charge in [0.2, 0.25) is 0 Å². The van der Waals surface area contributed by atoms with Crippen molar-refractivity contribution in [3.05, 3.63) is 42.5 Å². The molecular formula is C17H24N2O3. The van der Waals surface area contributed by atoms with E-state index in [1.807, 2.05) is 30.3 Å². The smallest absolute Gasteiger partial charge is 0.405 e. The molecule has 0 heterocycles. The number of hydrogen-bond acceptors (Lipinski definition) is 3. The van der Waals surface area contributed by atoms with Crippen molar-refractivity contribution in [1.29, 1.82) is 0 Å². The van der Waals surface area contributed by atoms with E-state index in [1.165, 1.54) is 0 Å². The fourth-order valence-electron chi connectivity index (χ4n) is 2.20. The quantitative estimate of drug-likeness (QED) is 0.612. The summed E-state index contributed by atoms with van der Waals surface area (Å²) in [6, 6.07) is 8.62. The Balaban J connectivity index is 2.87. The molecule has 0 saturated carbocycles. The Morgan fingerprint density at radius 3 is 2.41 bits per heavy atom. The molecule has 0 spiro atoms. The van der Waals surface area contributed by atoms with Gasteiger partial charge in [-0.25, -0.2) is 4.79 Å². The van der Waals surface area contributed by atoms with Gasteiger partial charge < -0.3 is 20.5 Å². The van der Waals surface area contributed by atoms with Crippen molar-refractivity contribution in [2.24, 2.45) is 11.8 Å². The summed E-state index contributed by atoms with van der Waals surface area (Å²) in [7, 11) is 0. The molecule has 1 aromatic rings. The fraction of sp³-hybridized carbons (Fsp3) is 0.412. The molecule has 0 unspecified atom stereocenters. The molecule has 120 valence electrons. The third kappa shape index (κ3) is 5.69. The molecule has 5 nitrogen and oxygen atoms in total. The summed E-state index contributed by atoms with van der Waals surface area (Å²) in [4.78, 5) is 22.5. The zero-order valence-electron chi connectivity index (χ0n) is 13.1. The number of benzene rings is 1. The van der Waals surface area contributed by atoms with E-state index in [4.69, 9.17) is 5.11 Å². The molecule has 0 radical (unpaired) electrons. The van der Waals surface area contributed by atoms with E-state index in [-0.39, 0.29) is 0 Å². The average Bonchev–Trinajstić information content (AvgIpc) is 2.49. The summed E-state index contributed by atoms with van der Waals surface area (Å²) >= 11 is 0. The second kappa shape index (κ2) is 9.00. The maximum absolute atomic E-state index is 11.4. The number of nitrogens with one attached hydrogen (secondary N) is 2. The minimum absolute atomic E-state index is 0.401. The number of rotatable bonds is 9. The monoisotopic (exact) mass is 304 g/mol. The second-order valence-electron chi connectivity index (χ2n) is 5.67. The van der Waals surface area contributed by atoms with E-state index in [2.05, 4.69) is 31.1 Å². The third-order valence-electron chi connectivity index (χ3n) is 3.33. The highest BCUT2D eigenvalue weighted by atomic mass is 16.4. The van der Waals surface area contributed by atoms with Gasteiger partial charge in [-0.2, -0.15) is 0 Å². The van der Waals surface area contributed by atoms with E-state index in [1.54, 1.807) is 0 Å². The molecule has 1 amide bonds. The molecule has 3 N–H and O–H groups in total. The molecule has 0 saturated heterocycles. The maximum atomic E-state index is 11.4. The van der Waals surface area contributed by atoms with Crippen LogP contribution < -0.4 is 10.6 Å². The van der Waals surface area contributed by atoms with Crippen molar-refractivity contribution in [1.82, 2.24) is 10.6 Å². The summed E-state index contributed by atoms with van der Waals surface area (Å²) in [6.45, 7) is 9.28. The highest BCUT2D eigenvalue weighted by Gasteiger charge is 2.26. The summed E-state index contributed by atoms with van der Waals surface area (Å²) in [5, 5.41) is 14.7. The zero-order chi connectivity index (χ0) is 16.5. The first-order chi connectivity index (χ1) is 10.5. The van der Waals surface area contributed by atoms with Crippen molar-refractivity contribution < 1.29 is 14.7 Å². The summed E-state index contributed by atoms with van der Waals surface area (Å²) in [5.41, 5.74) is 1.41. The Kier molecular flexibility index (Phi) is 7.32. The molecule has 5 heteroatoms. The van der Waals surface area contributed by atoms with Crippen LogP contribution in [-0.4, -0.2) is 36.6 Å². The van der Waals surface area contributed by atoms with Gasteiger partial charge in [0.25, 0.3) is 0 Å². The molecule has 0 aliphatic rings. The van der Waals surface area contributed by atoms with Gasteiger partial charge in [0, 0.05) is 6.54 Å². The first-order valence-corrected chi connectivity index (χ1v) is 7.35. The lowest BCUT2D eigenvalue weighted by atomic mass is 9.90. The Hall–Kier alpha value is -2.14. The number of hydrogen-bond donors (Lipinski definition) is 3. The van der Waals surface area contributed by atoms with Crippen LogP contribution in [0.5, 0.6) is 0 Å². The number of carbonyl (C=O) groups is 2. The lowest BCUT2D eigenvalue weighted by Gasteiger charge is -2.26. The van der Waals surface area contributed by atoms with Crippen LogP contribution in [0.25, 0.3) is 5.57 Å². The van der Waals surface area contributed by atoms with E-state index in [0.717, 1.165) is 18.4 Å². The molecule has 0 bridgehead atoms. The molecule has 22 heavy (non-hydrogen) atoms. The van der Waals surface area contributed by atoms with Gasteiger partial charge in [0.05, 0.1) is 12.0 Å². The first kappa shape index (κ1) is 17.9. The molecular weight excluding hydrogens is 280 g/mol. The Morgan fingerprint density at radius 1 is 1.27 bits per heavy atom. The Morgan fingerprint density at radius 2 is 1.91 bits per heavy atom. The topological polar surface area (TPSA) is 78.4 Å². The molecule has 0 aliphatic carbocycles. The van der Waals surface area contributed by atoms with Gasteiger partial charge in [-0.05, 0) is 23.6 Å². The van der Waals surface area contributed by atoms with Crippen LogP contribution in [0.1, 0.15) is 19.4 Å². The number of carboxylic acid groups (broad SMARTS) is 1. The van der Waals surface area contributed by atoms with Gasteiger partial charge in [-0.1, -0.05) is 50.8 Å². The van der Waals surface area contributed by atoms with Crippen LogP contribution in [0, 0.1) is 11.8 Å². The Bertz CT molecular complexity index is 500. The van der Waals surface area contributed by atoms with Crippen LogP contribution >= 0.6 is 0 Å². The fourth-order valence-corrected chi connectivity index (χ4v) is 2.20. The van der Waals surface area contributed by atoms with Crippen molar-refractivity contribution in [3.63, 3.8) is 0 Å². The van der Waals surface area contributed by atoms with Crippen molar-refractivity contribution >= 4 is 18.0 Å². The van der Waals surface area contributed by atoms with Crippen LogP contribution in [0.4, 0.5) is 4.79 Å². The van der Waals surface area contributed by atoms with Crippen LogP contribution in [0.15, 0.2) is 36.9 Å². The Labute approximate surface area is 131 Å². The van der Waals surface area contributed by atoms with E-state index >= 15 is 0 Å². The molecule has 2 atom stereocenters. The van der Waals surface area contributed by atoms with Gasteiger partial charge in [0.15, 0.2) is 0 Å². The van der Waals surface area contributed by atoms with Gasteiger partial charge >= 0.3 is 6.09 Å². The van der Waals surface area contributed by atoms with Gasteiger partial charge in [0.1, 0.15) is 6.29 Å². The molecule has 0 aromatic heterocycles. The van der Waals surface area contributed by atoms with Crippen molar-refractivity contribution in [2.45, 2.75) is 19.9 Å². The number of aldehydes is 1. The van der Waals surface area contributed by atoms with Crippen LogP contribution in [0.2, 0.25) is 0 Å². The zero-order valence-corrected chi connectivity index (χ0v) is 13.1. The third-order valence-corrected chi connectivity index (χ3v) is 3.33. The van der Waals surface area contributed by atoms with E-state index in [0.29, 0.717) is 18.0 Å². The van der Waals surface area contributed by atoms with Gasteiger partial charge in [-0.3, -0.25) is 0 Å². The number of carbonyl (C=O) groups excluding carboxylic acids is 1.